The second kappa shape index (κ2) is 7.99. The molecule has 0 bridgehead atoms. The van der Waals surface area contributed by atoms with E-state index in [1.807, 2.05) is 37.5 Å². The fourth-order valence-electron chi connectivity index (χ4n) is 2.93. The highest BCUT2D eigenvalue weighted by Crippen LogP contribution is 2.27. The van der Waals surface area contributed by atoms with Gasteiger partial charge in [-0.3, -0.25) is 9.36 Å². The molecule has 28 heavy (non-hydrogen) atoms. The van der Waals surface area contributed by atoms with Crippen molar-refractivity contribution >= 4 is 12.1 Å². The number of hydrogen-bond acceptors (Lipinski definition) is 6. The van der Waals surface area contributed by atoms with Crippen LogP contribution < -0.4 is 14.9 Å². The van der Waals surface area contributed by atoms with Crippen molar-refractivity contribution < 1.29 is 18.8 Å². The predicted molar refractivity (Wildman–Crippen MR) is 105 cm³/mol. The first-order chi connectivity index (χ1) is 13.4. The number of nitrogens with zero attached hydrogens (tertiary/aromatic N) is 3. The Hall–Kier alpha value is -3.55. The molecule has 8 nitrogen and oxygen atoms in total. The highest BCUT2D eigenvalue weighted by molar-refractivity contribution is 5.95. The van der Waals surface area contributed by atoms with Gasteiger partial charge in [-0.2, -0.15) is 5.10 Å². The molecule has 0 radical (unpaired) electrons. The van der Waals surface area contributed by atoms with Gasteiger partial charge in [0.05, 0.1) is 20.4 Å². The predicted octanol–water partition coefficient (Wildman–Crippen LogP) is 3.17. The Balaban J connectivity index is 1.75. The van der Waals surface area contributed by atoms with Crippen LogP contribution in [0, 0.1) is 20.8 Å². The molecule has 1 N–H and O–H groups in total. The number of carbonyl (C=O) groups excluding carboxylic acids is 1. The van der Waals surface area contributed by atoms with Crippen molar-refractivity contribution in [2.75, 3.05) is 14.2 Å². The number of nitrogens with one attached hydrogen (secondary N) is 1. The summed E-state index contributed by atoms with van der Waals surface area (Å²) in [5.41, 5.74) is 5.73. The molecule has 146 valence electrons. The summed E-state index contributed by atoms with van der Waals surface area (Å²) in [6.07, 6.45) is 1.60. The fraction of sp³-hybridized carbons (Fsp3) is 0.250. The van der Waals surface area contributed by atoms with Crippen molar-refractivity contribution in [2.24, 2.45) is 5.10 Å². The fourth-order valence-corrected chi connectivity index (χ4v) is 2.93. The lowest BCUT2D eigenvalue weighted by molar-refractivity contribution is 0.0954. The first kappa shape index (κ1) is 19.2. The topological polar surface area (TPSA) is 90.9 Å². The Bertz CT molecular complexity index is 1030. The van der Waals surface area contributed by atoms with Crippen LogP contribution in [0.1, 0.15) is 33.1 Å². The zero-order valence-electron chi connectivity index (χ0n) is 16.4. The maximum Gasteiger partial charge on any atom is 0.271 e. The van der Waals surface area contributed by atoms with E-state index in [0.717, 1.165) is 22.7 Å². The zero-order valence-corrected chi connectivity index (χ0v) is 16.4. The molecule has 0 aliphatic heterocycles. The van der Waals surface area contributed by atoms with Gasteiger partial charge in [-0.25, -0.2) is 5.43 Å². The van der Waals surface area contributed by atoms with Crippen molar-refractivity contribution in [3.63, 3.8) is 0 Å². The van der Waals surface area contributed by atoms with Crippen LogP contribution in [0.5, 0.6) is 11.5 Å². The number of benzene rings is 1. The standard InChI is InChI=1S/C20H22N4O4/c1-12-8-16(14(3)24(12)19-9-13(2)28-23-19)11-21-22-20(25)15-6-7-17(26-4)18(10-15)27-5/h6-11H,1-5H3,(H,22,25)/b21-11-. The molecule has 0 unspecified atom stereocenters. The summed E-state index contributed by atoms with van der Waals surface area (Å²) in [4.78, 5) is 12.3. The van der Waals surface area contributed by atoms with Crippen LogP contribution in [0.3, 0.4) is 0 Å². The molecule has 3 aromatic rings. The quantitative estimate of drug-likeness (QED) is 0.522. The number of amides is 1. The summed E-state index contributed by atoms with van der Waals surface area (Å²) >= 11 is 0. The number of rotatable bonds is 6. The summed E-state index contributed by atoms with van der Waals surface area (Å²) in [5.74, 6) is 2.13. The molecule has 1 amide bonds. The molecule has 0 aliphatic rings. The van der Waals surface area contributed by atoms with Crippen LogP contribution in [0.4, 0.5) is 0 Å². The average molecular weight is 382 g/mol. The minimum Gasteiger partial charge on any atom is -0.493 e. The Labute approximate surface area is 162 Å². The largest absolute Gasteiger partial charge is 0.493 e. The molecular formula is C20H22N4O4. The summed E-state index contributed by atoms with van der Waals surface area (Å²) in [6.45, 7) is 5.77. The maximum atomic E-state index is 12.3. The zero-order chi connectivity index (χ0) is 20.3. The summed E-state index contributed by atoms with van der Waals surface area (Å²) < 4.78 is 17.5. The van der Waals surface area contributed by atoms with Crippen LogP contribution in [0.25, 0.3) is 5.82 Å². The summed E-state index contributed by atoms with van der Waals surface area (Å²) in [7, 11) is 3.06. The number of ether oxygens (including phenoxy) is 2. The summed E-state index contributed by atoms with van der Waals surface area (Å²) in [5, 5.41) is 8.13. The maximum absolute atomic E-state index is 12.3. The Kier molecular flexibility index (Phi) is 5.49. The molecule has 3 rings (SSSR count). The second-order valence-corrected chi connectivity index (χ2v) is 6.23. The van der Waals surface area contributed by atoms with Crippen LogP contribution >= 0.6 is 0 Å². The van der Waals surface area contributed by atoms with Gasteiger partial charge in [0, 0.05) is 28.6 Å². The van der Waals surface area contributed by atoms with Crippen LogP contribution in [-0.2, 0) is 0 Å². The third-order valence-corrected chi connectivity index (χ3v) is 4.33. The highest BCUT2D eigenvalue weighted by atomic mass is 16.5. The van der Waals surface area contributed by atoms with Gasteiger partial charge in [-0.15, -0.1) is 0 Å². The van der Waals surface area contributed by atoms with Gasteiger partial charge in [0.1, 0.15) is 5.76 Å². The summed E-state index contributed by atoms with van der Waals surface area (Å²) in [6, 6.07) is 8.74. The first-order valence-corrected chi connectivity index (χ1v) is 8.62. The number of aryl methyl sites for hydroxylation is 2. The lowest BCUT2D eigenvalue weighted by Crippen LogP contribution is -2.17. The van der Waals surface area contributed by atoms with Crippen molar-refractivity contribution in [2.45, 2.75) is 20.8 Å². The number of carbonyl (C=O) groups is 1. The molecule has 0 fully saturated rings. The molecule has 0 saturated carbocycles. The van der Waals surface area contributed by atoms with E-state index in [1.165, 1.54) is 7.11 Å². The van der Waals surface area contributed by atoms with Crippen molar-refractivity contribution in [1.29, 1.82) is 0 Å². The van der Waals surface area contributed by atoms with Gasteiger partial charge >= 0.3 is 0 Å². The molecule has 0 saturated heterocycles. The second-order valence-electron chi connectivity index (χ2n) is 6.23. The molecular weight excluding hydrogens is 360 g/mol. The third kappa shape index (κ3) is 3.75. The Morgan fingerprint density at radius 3 is 2.54 bits per heavy atom. The van der Waals surface area contributed by atoms with E-state index in [4.69, 9.17) is 14.0 Å². The van der Waals surface area contributed by atoms with E-state index in [0.29, 0.717) is 22.9 Å². The third-order valence-electron chi connectivity index (χ3n) is 4.33. The Morgan fingerprint density at radius 1 is 1.14 bits per heavy atom. The van der Waals surface area contributed by atoms with Crippen LogP contribution in [0.2, 0.25) is 0 Å². The van der Waals surface area contributed by atoms with Gasteiger partial charge in [0.15, 0.2) is 17.3 Å². The van der Waals surface area contributed by atoms with Crippen LogP contribution in [0.15, 0.2) is 40.0 Å². The average Bonchev–Trinajstić information content (AvgIpc) is 3.23. The highest BCUT2D eigenvalue weighted by Gasteiger charge is 2.13. The number of methoxy groups -OCH3 is 2. The van der Waals surface area contributed by atoms with Gasteiger partial charge in [0.2, 0.25) is 0 Å². The number of hydrazone groups is 1. The lowest BCUT2D eigenvalue weighted by atomic mass is 10.2. The van der Waals surface area contributed by atoms with Gasteiger partial charge in [0.25, 0.3) is 5.91 Å². The molecule has 0 spiro atoms. The molecule has 1 aromatic carbocycles. The van der Waals surface area contributed by atoms with E-state index in [9.17, 15) is 4.79 Å². The van der Waals surface area contributed by atoms with E-state index >= 15 is 0 Å². The molecule has 0 aliphatic carbocycles. The van der Waals surface area contributed by atoms with Gasteiger partial charge in [-0.05, 0) is 45.0 Å². The number of hydrogen-bond donors (Lipinski definition) is 1. The van der Waals surface area contributed by atoms with Crippen LogP contribution in [-0.4, -0.2) is 36.1 Å². The van der Waals surface area contributed by atoms with E-state index in [1.54, 1.807) is 31.5 Å². The Morgan fingerprint density at radius 2 is 1.89 bits per heavy atom. The van der Waals surface area contributed by atoms with E-state index in [-0.39, 0.29) is 5.91 Å². The lowest BCUT2D eigenvalue weighted by Gasteiger charge is -2.08. The van der Waals surface area contributed by atoms with Crippen molar-refractivity contribution in [3.05, 3.63) is 58.6 Å². The van der Waals surface area contributed by atoms with Crippen molar-refractivity contribution in [1.82, 2.24) is 15.1 Å². The number of aromatic nitrogens is 2. The minimum absolute atomic E-state index is 0.349. The normalized spacial score (nSPS) is 11.0. The van der Waals surface area contributed by atoms with Gasteiger partial charge in [-0.1, -0.05) is 5.16 Å². The molecule has 2 heterocycles. The van der Waals surface area contributed by atoms with Crippen molar-refractivity contribution in [3.8, 4) is 17.3 Å². The molecule has 0 atom stereocenters. The molecule has 2 aromatic heterocycles. The smallest absolute Gasteiger partial charge is 0.271 e. The SMILES string of the molecule is COc1ccc(C(=O)N/N=C\c2cc(C)n(-c3cc(C)on3)c2C)cc1OC. The van der Waals surface area contributed by atoms with E-state index < -0.39 is 0 Å². The molecule has 8 heteroatoms. The van der Waals surface area contributed by atoms with E-state index in [2.05, 4.69) is 15.7 Å². The minimum atomic E-state index is -0.349. The monoisotopic (exact) mass is 382 g/mol. The van der Waals surface area contributed by atoms with Gasteiger partial charge < -0.3 is 14.0 Å². The first-order valence-electron chi connectivity index (χ1n) is 8.62.